The van der Waals surface area contributed by atoms with Gasteiger partial charge in [0.2, 0.25) is 11.8 Å². The van der Waals surface area contributed by atoms with Gasteiger partial charge in [-0.2, -0.15) is 0 Å². The van der Waals surface area contributed by atoms with Gasteiger partial charge in [-0.05, 0) is 25.0 Å². The van der Waals surface area contributed by atoms with Crippen LogP contribution < -0.4 is 11.1 Å². The summed E-state index contributed by atoms with van der Waals surface area (Å²) < 4.78 is 2.02. The van der Waals surface area contributed by atoms with E-state index in [4.69, 9.17) is 5.73 Å². The number of rotatable bonds is 6. The van der Waals surface area contributed by atoms with Crippen LogP contribution in [0.4, 0.5) is 0 Å². The Morgan fingerprint density at radius 2 is 2.05 bits per heavy atom. The Balaban J connectivity index is 2.03. The van der Waals surface area contributed by atoms with E-state index in [2.05, 4.69) is 5.32 Å². The Morgan fingerprint density at radius 3 is 2.68 bits per heavy atom. The third-order valence-corrected chi connectivity index (χ3v) is 3.71. The molecule has 118 valence electrons. The molecule has 0 aliphatic carbocycles. The Bertz CT molecular complexity index is 691. The van der Waals surface area contributed by atoms with E-state index < -0.39 is 18.1 Å². The lowest BCUT2D eigenvalue weighted by Gasteiger charge is -2.17. The summed E-state index contributed by atoms with van der Waals surface area (Å²) in [5, 5.41) is 13.0. The minimum absolute atomic E-state index is 0.227. The smallest absolute Gasteiger partial charge is 0.242 e. The molecule has 0 fully saturated rings. The Hall–Kier alpha value is -2.34. The summed E-state index contributed by atoms with van der Waals surface area (Å²) in [7, 11) is 1.96. The fourth-order valence-electron chi connectivity index (χ4n) is 2.55. The third kappa shape index (κ3) is 3.46. The van der Waals surface area contributed by atoms with Crippen LogP contribution in [0, 0.1) is 0 Å². The van der Waals surface area contributed by atoms with Gasteiger partial charge >= 0.3 is 0 Å². The SMILES string of the molecule is CC(O)C(NC(=O)CCc1cn(C)c2ccccc12)C(N)=O. The van der Waals surface area contributed by atoms with E-state index in [1.807, 2.05) is 42.1 Å². The van der Waals surface area contributed by atoms with Crippen LogP contribution in [0.3, 0.4) is 0 Å². The molecule has 2 rings (SSSR count). The molecular weight excluding hydrogens is 282 g/mol. The topological polar surface area (TPSA) is 97.3 Å². The number of hydrogen-bond acceptors (Lipinski definition) is 3. The molecule has 0 aliphatic rings. The molecule has 1 heterocycles. The minimum Gasteiger partial charge on any atom is -0.391 e. The second kappa shape index (κ2) is 6.62. The molecule has 1 aromatic heterocycles. The normalized spacial score (nSPS) is 13.8. The number of fused-ring (bicyclic) bond motifs is 1. The monoisotopic (exact) mass is 303 g/mol. The zero-order valence-corrected chi connectivity index (χ0v) is 12.7. The lowest BCUT2D eigenvalue weighted by molar-refractivity contribution is -0.129. The molecule has 0 saturated carbocycles. The van der Waals surface area contributed by atoms with Gasteiger partial charge in [-0.25, -0.2) is 0 Å². The highest BCUT2D eigenvalue weighted by Gasteiger charge is 2.23. The summed E-state index contributed by atoms with van der Waals surface area (Å²) in [5.74, 6) is -1.05. The second-order valence-corrected chi connectivity index (χ2v) is 5.47. The van der Waals surface area contributed by atoms with Crippen molar-refractivity contribution in [2.24, 2.45) is 12.8 Å². The van der Waals surface area contributed by atoms with Gasteiger partial charge in [-0.15, -0.1) is 0 Å². The van der Waals surface area contributed by atoms with Gasteiger partial charge < -0.3 is 20.7 Å². The van der Waals surface area contributed by atoms with E-state index in [1.165, 1.54) is 6.92 Å². The largest absolute Gasteiger partial charge is 0.391 e. The van der Waals surface area contributed by atoms with Crippen LogP contribution >= 0.6 is 0 Å². The summed E-state index contributed by atoms with van der Waals surface area (Å²) in [4.78, 5) is 23.1. The number of nitrogens with zero attached hydrogens (tertiary/aromatic N) is 1. The Kier molecular flexibility index (Phi) is 4.82. The van der Waals surface area contributed by atoms with Crippen molar-refractivity contribution in [1.29, 1.82) is 0 Å². The lowest BCUT2D eigenvalue weighted by Crippen LogP contribution is -2.50. The summed E-state index contributed by atoms with van der Waals surface area (Å²) in [6.45, 7) is 1.42. The summed E-state index contributed by atoms with van der Waals surface area (Å²) in [6.07, 6.45) is 1.76. The molecule has 0 aliphatic heterocycles. The maximum atomic E-state index is 11.9. The number of benzene rings is 1. The zero-order valence-electron chi connectivity index (χ0n) is 12.7. The van der Waals surface area contributed by atoms with Crippen molar-refractivity contribution in [2.75, 3.05) is 0 Å². The molecule has 0 saturated heterocycles. The van der Waals surface area contributed by atoms with Crippen molar-refractivity contribution in [1.82, 2.24) is 9.88 Å². The van der Waals surface area contributed by atoms with Crippen LogP contribution in [0.2, 0.25) is 0 Å². The van der Waals surface area contributed by atoms with E-state index in [0.29, 0.717) is 6.42 Å². The molecule has 0 radical (unpaired) electrons. The van der Waals surface area contributed by atoms with Gasteiger partial charge in [0.1, 0.15) is 6.04 Å². The predicted octanol–water partition coefficient (Wildman–Crippen LogP) is 0.462. The van der Waals surface area contributed by atoms with Gasteiger partial charge in [-0.3, -0.25) is 9.59 Å². The summed E-state index contributed by atoms with van der Waals surface area (Å²) in [6, 6.07) is 6.92. The molecule has 22 heavy (non-hydrogen) atoms. The maximum absolute atomic E-state index is 11.9. The second-order valence-electron chi connectivity index (χ2n) is 5.47. The van der Waals surface area contributed by atoms with Crippen molar-refractivity contribution in [3.8, 4) is 0 Å². The number of primary amides is 1. The van der Waals surface area contributed by atoms with E-state index in [1.54, 1.807) is 0 Å². The van der Waals surface area contributed by atoms with Gasteiger partial charge in [0.05, 0.1) is 6.10 Å². The van der Waals surface area contributed by atoms with Crippen molar-refractivity contribution in [3.05, 3.63) is 36.0 Å². The fourth-order valence-corrected chi connectivity index (χ4v) is 2.55. The average molecular weight is 303 g/mol. The zero-order chi connectivity index (χ0) is 16.3. The molecule has 2 atom stereocenters. The fraction of sp³-hybridized carbons (Fsp3) is 0.375. The molecule has 6 heteroatoms. The number of para-hydroxylation sites is 1. The number of nitrogens with two attached hydrogens (primary N) is 1. The number of aromatic nitrogens is 1. The number of carbonyl (C=O) groups is 2. The molecule has 6 nitrogen and oxygen atoms in total. The highest BCUT2D eigenvalue weighted by molar-refractivity contribution is 5.88. The van der Waals surface area contributed by atoms with E-state index >= 15 is 0 Å². The lowest BCUT2D eigenvalue weighted by atomic mass is 10.1. The average Bonchev–Trinajstić information content (AvgIpc) is 2.79. The van der Waals surface area contributed by atoms with E-state index in [0.717, 1.165) is 16.5 Å². The molecule has 2 aromatic rings. The number of carbonyl (C=O) groups excluding carboxylic acids is 2. The number of aryl methyl sites for hydroxylation is 2. The summed E-state index contributed by atoms with van der Waals surface area (Å²) >= 11 is 0. The first kappa shape index (κ1) is 16.0. The number of aliphatic hydroxyl groups excluding tert-OH is 1. The van der Waals surface area contributed by atoms with Gasteiger partial charge in [0, 0.05) is 30.6 Å². The molecule has 2 unspecified atom stereocenters. The van der Waals surface area contributed by atoms with Crippen LogP contribution in [-0.4, -0.2) is 33.6 Å². The van der Waals surface area contributed by atoms with Crippen LogP contribution in [0.5, 0.6) is 0 Å². The van der Waals surface area contributed by atoms with Crippen molar-refractivity contribution < 1.29 is 14.7 Å². The first-order chi connectivity index (χ1) is 10.4. The number of aliphatic hydroxyl groups is 1. The maximum Gasteiger partial charge on any atom is 0.242 e. The first-order valence-corrected chi connectivity index (χ1v) is 7.20. The number of amides is 2. The third-order valence-electron chi connectivity index (χ3n) is 3.71. The van der Waals surface area contributed by atoms with Crippen molar-refractivity contribution in [3.63, 3.8) is 0 Å². The Morgan fingerprint density at radius 1 is 1.36 bits per heavy atom. The molecule has 0 bridgehead atoms. The number of hydrogen-bond donors (Lipinski definition) is 3. The van der Waals surface area contributed by atoms with E-state index in [-0.39, 0.29) is 12.3 Å². The standard InChI is InChI=1S/C16H21N3O3/c1-10(20)15(16(17)22)18-14(21)8-7-11-9-19(2)13-6-4-3-5-12(11)13/h3-6,9-10,15,20H,7-8H2,1-2H3,(H2,17,22)(H,18,21). The molecule has 0 spiro atoms. The highest BCUT2D eigenvalue weighted by Crippen LogP contribution is 2.21. The quantitative estimate of drug-likeness (QED) is 0.723. The Labute approximate surface area is 128 Å². The summed E-state index contributed by atoms with van der Waals surface area (Å²) in [5.41, 5.74) is 7.33. The van der Waals surface area contributed by atoms with Crippen LogP contribution in [0.1, 0.15) is 18.9 Å². The highest BCUT2D eigenvalue weighted by atomic mass is 16.3. The van der Waals surface area contributed by atoms with E-state index in [9.17, 15) is 14.7 Å². The number of nitrogens with one attached hydrogen (secondary N) is 1. The van der Waals surface area contributed by atoms with Gasteiger partial charge in [0.25, 0.3) is 0 Å². The molecular formula is C16H21N3O3. The predicted molar refractivity (Wildman–Crippen MR) is 84.0 cm³/mol. The molecule has 2 amide bonds. The van der Waals surface area contributed by atoms with Crippen molar-refractivity contribution >= 4 is 22.7 Å². The minimum atomic E-state index is -1.06. The van der Waals surface area contributed by atoms with Crippen molar-refractivity contribution in [2.45, 2.75) is 31.9 Å². The molecule has 1 aromatic carbocycles. The first-order valence-electron chi connectivity index (χ1n) is 7.20. The van der Waals surface area contributed by atoms with Crippen LogP contribution in [0.25, 0.3) is 10.9 Å². The van der Waals surface area contributed by atoms with Gasteiger partial charge in [0.15, 0.2) is 0 Å². The van der Waals surface area contributed by atoms with Crippen LogP contribution in [-0.2, 0) is 23.1 Å². The van der Waals surface area contributed by atoms with Gasteiger partial charge in [-0.1, -0.05) is 18.2 Å². The molecule has 4 N–H and O–H groups in total. The van der Waals surface area contributed by atoms with Crippen LogP contribution in [0.15, 0.2) is 30.5 Å².